The summed E-state index contributed by atoms with van der Waals surface area (Å²) in [5, 5.41) is 6.54. The van der Waals surface area contributed by atoms with E-state index in [1.54, 1.807) is 36.4 Å². The van der Waals surface area contributed by atoms with Crippen LogP contribution in [0.15, 0.2) is 65.7 Å². The number of anilines is 1. The maximum atomic E-state index is 13.8. The lowest BCUT2D eigenvalue weighted by Crippen LogP contribution is -2.16. The summed E-state index contributed by atoms with van der Waals surface area (Å²) >= 11 is 1.44. The molecule has 0 fully saturated rings. The second kappa shape index (κ2) is 8.54. The Bertz CT molecular complexity index is 1290. The number of carbonyl (C=O) groups is 1. The minimum Gasteiger partial charge on any atom is -0.497 e. The number of nitrogens with zero attached hydrogens (tertiary/aromatic N) is 3. The highest BCUT2D eigenvalue weighted by Gasteiger charge is 2.36. The normalized spacial score (nSPS) is 11.5. The fourth-order valence-corrected chi connectivity index (χ4v) is 3.73. The van der Waals surface area contributed by atoms with E-state index >= 15 is 0 Å². The van der Waals surface area contributed by atoms with Crippen LogP contribution in [0.4, 0.5) is 18.9 Å². The number of hydrogen-bond donors (Lipinski definition) is 1. The van der Waals surface area contributed by atoms with Gasteiger partial charge in [0.1, 0.15) is 11.3 Å². The molecule has 0 saturated heterocycles. The van der Waals surface area contributed by atoms with Gasteiger partial charge in [0.05, 0.1) is 24.7 Å². The third-order valence-corrected chi connectivity index (χ3v) is 5.54. The number of methoxy groups -OCH3 is 1. The summed E-state index contributed by atoms with van der Waals surface area (Å²) in [6.45, 7) is 0. The monoisotopic (exact) mass is 458 g/mol. The molecule has 2 aromatic carbocycles. The van der Waals surface area contributed by atoms with Gasteiger partial charge in [-0.05, 0) is 48.7 Å². The van der Waals surface area contributed by atoms with E-state index < -0.39 is 17.8 Å². The van der Waals surface area contributed by atoms with E-state index in [4.69, 9.17) is 4.74 Å². The Morgan fingerprint density at radius 3 is 2.50 bits per heavy atom. The molecular weight excluding hydrogens is 441 g/mol. The SMILES string of the molecule is COc1ccc(-c2cc(C(F)(F)F)n3ncc(C(=O)Nc4ccccc4SC)c3n2)cc1. The minimum atomic E-state index is -4.70. The Labute approximate surface area is 185 Å². The number of ether oxygens (including phenoxy) is 1. The van der Waals surface area contributed by atoms with Crippen molar-refractivity contribution >= 4 is 29.0 Å². The molecule has 1 amide bonds. The molecule has 2 aromatic heterocycles. The van der Waals surface area contributed by atoms with Crippen LogP contribution in [0.1, 0.15) is 16.1 Å². The third-order valence-electron chi connectivity index (χ3n) is 4.75. The van der Waals surface area contributed by atoms with E-state index in [0.29, 0.717) is 21.5 Å². The molecule has 6 nitrogen and oxygen atoms in total. The molecule has 0 radical (unpaired) electrons. The first-order chi connectivity index (χ1) is 15.3. The lowest BCUT2D eigenvalue weighted by atomic mass is 10.1. The number of benzene rings is 2. The lowest BCUT2D eigenvalue weighted by molar-refractivity contribution is -0.142. The summed E-state index contributed by atoms with van der Waals surface area (Å²) in [4.78, 5) is 18.1. The van der Waals surface area contributed by atoms with Crippen molar-refractivity contribution in [3.8, 4) is 17.0 Å². The molecule has 4 rings (SSSR count). The first-order valence-corrected chi connectivity index (χ1v) is 10.6. The highest BCUT2D eigenvalue weighted by atomic mass is 32.2. The number of hydrogen-bond acceptors (Lipinski definition) is 5. The van der Waals surface area contributed by atoms with Gasteiger partial charge in [0.25, 0.3) is 5.91 Å². The van der Waals surface area contributed by atoms with E-state index in [0.717, 1.165) is 17.2 Å². The van der Waals surface area contributed by atoms with Gasteiger partial charge < -0.3 is 10.1 Å². The Morgan fingerprint density at radius 2 is 1.84 bits per heavy atom. The zero-order valence-corrected chi connectivity index (χ0v) is 17.8. The average Bonchev–Trinajstić information content (AvgIpc) is 3.22. The molecule has 0 spiro atoms. The van der Waals surface area contributed by atoms with Crippen LogP contribution in [-0.4, -0.2) is 33.9 Å². The number of fused-ring (bicyclic) bond motifs is 1. The molecule has 0 saturated carbocycles. The van der Waals surface area contributed by atoms with E-state index in [9.17, 15) is 18.0 Å². The quantitative estimate of drug-likeness (QED) is 0.406. The molecule has 4 aromatic rings. The fraction of sp³-hybridized carbons (Fsp3) is 0.136. The van der Waals surface area contributed by atoms with Crippen LogP contribution in [-0.2, 0) is 6.18 Å². The minimum absolute atomic E-state index is 0.0616. The number of rotatable bonds is 5. The van der Waals surface area contributed by atoms with Crippen LogP contribution in [0.25, 0.3) is 16.9 Å². The van der Waals surface area contributed by atoms with Gasteiger partial charge in [-0.2, -0.15) is 18.3 Å². The number of nitrogens with one attached hydrogen (secondary N) is 1. The molecule has 2 heterocycles. The standard InChI is InChI=1S/C22H17F3N4O2S/c1-31-14-9-7-13(8-10-14)17-11-19(22(23,24)25)29-20(27-17)15(12-26-29)21(30)28-16-5-3-4-6-18(16)32-2/h3-12H,1-2H3,(H,28,30). The van der Waals surface area contributed by atoms with E-state index in [1.807, 2.05) is 18.4 Å². The molecule has 0 atom stereocenters. The van der Waals surface area contributed by atoms with Gasteiger partial charge in [0.15, 0.2) is 11.3 Å². The Balaban J connectivity index is 1.83. The molecule has 0 unspecified atom stereocenters. The Hall–Kier alpha value is -3.53. The van der Waals surface area contributed by atoms with Crippen molar-refractivity contribution in [2.75, 3.05) is 18.7 Å². The predicted octanol–water partition coefficient (Wildman–Crippen LogP) is 5.40. The first kappa shape index (κ1) is 21.7. The average molecular weight is 458 g/mol. The van der Waals surface area contributed by atoms with Crippen LogP contribution in [0.5, 0.6) is 5.75 Å². The molecule has 10 heteroatoms. The van der Waals surface area contributed by atoms with Gasteiger partial charge in [-0.3, -0.25) is 4.79 Å². The van der Waals surface area contributed by atoms with Crippen LogP contribution < -0.4 is 10.1 Å². The van der Waals surface area contributed by atoms with Crippen molar-refractivity contribution in [2.24, 2.45) is 0 Å². The van der Waals surface area contributed by atoms with Gasteiger partial charge in [0, 0.05) is 10.5 Å². The molecule has 32 heavy (non-hydrogen) atoms. The summed E-state index contributed by atoms with van der Waals surface area (Å²) in [5.41, 5.74) is -0.235. The molecule has 0 aliphatic heterocycles. The maximum Gasteiger partial charge on any atom is 0.433 e. The van der Waals surface area contributed by atoms with Gasteiger partial charge in [0.2, 0.25) is 0 Å². The zero-order chi connectivity index (χ0) is 22.9. The van der Waals surface area contributed by atoms with Crippen molar-refractivity contribution in [3.63, 3.8) is 0 Å². The maximum absolute atomic E-state index is 13.8. The second-order valence-corrected chi connectivity index (χ2v) is 7.55. The molecule has 0 bridgehead atoms. The van der Waals surface area contributed by atoms with Crippen LogP contribution in [0.2, 0.25) is 0 Å². The van der Waals surface area contributed by atoms with Crippen LogP contribution in [0.3, 0.4) is 0 Å². The lowest BCUT2D eigenvalue weighted by Gasteiger charge is -2.12. The summed E-state index contributed by atoms with van der Waals surface area (Å²) in [6.07, 6.45) is -1.75. The predicted molar refractivity (Wildman–Crippen MR) is 116 cm³/mol. The molecular formula is C22H17F3N4O2S. The topological polar surface area (TPSA) is 68.5 Å². The highest BCUT2D eigenvalue weighted by Crippen LogP contribution is 2.33. The highest BCUT2D eigenvalue weighted by molar-refractivity contribution is 7.98. The fourth-order valence-electron chi connectivity index (χ4n) is 3.17. The molecule has 0 aliphatic carbocycles. The van der Waals surface area contributed by atoms with E-state index in [1.165, 1.54) is 18.9 Å². The van der Waals surface area contributed by atoms with Crippen LogP contribution >= 0.6 is 11.8 Å². The van der Waals surface area contributed by atoms with Crippen LogP contribution in [0, 0.1) is 0 Å². The third kappa shape index (κ3) is 4.13. The number of carbonyl (C=O) groups excluding carboxylic acids is 1. The summed E-state index contributed by atoms with van der Waals surface area (Å²) in [6, 6.07) is 14.5. The summed E-state index contributed by atoms with van der Waals surface area (Å²) < 4.78 is 47.1. The van der Waals surface area contributed by atoms with Gasteiger partial charge in [-0.1, -0.05) is 12.1 Å². The number of para-hydroxylation sites is 1. The Morgan fingerprint density at radius 1 is 1.12 bits per heavy atom. The number of alkyl halides is 3. The van der Waals surface area contributed by atoms with Crippen molar-refractivity contribution < 1.29 is 22.7 Å². The van der Waals surface area contributed by atoms with Crippen molar-refractivity contribution in [3.05, 3.63) is 72.1 Å². The van der Waals surface area contributed by atoms with Crippen molar-refractivity contribution in [1.82, 2.24) is 14.6 Å². The van der Waals surface area contributed by atoms with E-state index in [2.05, 4.69) is 15.4 Å². The number of halogens is 3. The van der Waals surface area contributed by atoms with E-state index in [-0.39, 0.29) is 16.9 Å². The smallest absolute Gasteiger partial charge is 0.433 e. The number of amides is 1. The van der Waals surface area contributed by atoms with Crippen molar-refractivity contribution in [1.29, 1.82) is 0 Å². The summed E-state index contributed by atoms with van der Waals surface area (Å²) in [5.74, 6) is -0.0447. The van der Waals surface area contributed by atoms with Gasteiger partial charge in [-0.15, -0.1) is 11.8 Å². The van der Waals surface area contributed by atoms with Gasteiger partial charge >= 0.3 is 6.18 Å². The number of thioether (sulfide) groups is 1. The molecule has 164 valence electrons. The summed E-state index contributed by atoms with van der Waals surface area (Å²) in [7, 11) is 1.49. The van der Waals surface area contributed by atoms with Crippen molar-refractivity contribution in [2.45, 2.75) is 11.1 Å². The first-order valence-electron chi connectivity index (χ1n) is 9.36. The number of aromatic nitrogens is 3. The largest absolute Gasteiger partial charge is 0.497 e. The Kier molecular flexibility index (Phi) is 5.79. The zero-order valence-electron chi connectivity index (χ0n) is 17.0. The molecule has 0 aliphatic rings. The molecule has 1 N–H and O–H groups in total. The van der Waals surface area contributed by atoms with Gasteiger partial charge in [-0.25, -0.2) is 9.50 Å². The second-order valence-electron chi connectivity index (χ2n) is 6.70.